The molecule has 0 atom stereocenters. The topological polar surface area (TPSA) is 93.5 Å². The van der Waals surface area contributed by atoms with Gasteiger partial charge in [0, 0.05) is 47.8 Å². The second-order valence-electron chi connectivity index (χ2n) is 9.49. The van der Waals surface area contributed by atoms with E-state index >= 15 is 0 Å². The molecule has 0 saturated heterocycles. The van der Waals surface area contributed by atoms with Gasteiger partial charge >= 0.3 is 0 Å². The maximum absolute atomic E-state index is 6.16. The number of aliphatic imine (C=N–C) groups is 2. The van der Waals surface area contributed by atoms with Crippen LogP contribution in [0, 0.1) is 0 Å². The monoisotopic (exact) mass is 572 g/mol. The smallest absolute Gasteiger partial charge is 0.176 e. The van der Waals surface area contributed by atoms with E-state index in [1.807, 2.05) is 12.1 Å². The van der Waals surface area contributed by atoms with Gasteiger partial charge in [-0.05, 0) is 49.2 Å². The van der Waals surface area contributed by atoms with E-state index in [0.29, 0.717) is 0 Å². The molecule has 0 saturated carbocycles. The van der Waals surface area contributed by atoms with Gasteiger partial charge < -0.3 is 28.9 Å². The van der Waals surface area contributed by atoms with Crippen molar-refractivity contribution < 1.29 is 18.3 Å². The summed E-state index contributed by atoms with van der Waals surface area (Å²) in [6.07, 6.45) is 4.95. The normalized spacial score (nSPS) is 14.3. The lowest BCUT2D eigenvalue weighted by Crippen LogP contribution is -2.19. The van der Waals surface area contributed by atoms with Crippen molar-refractivity contribution >= 4 is 58.4 Å². The molecule has 0 unspecified atom stereocenters. The van der Waals surface area contributed by atoms with Crippen LogP contribution in [-0.2, 0) is 12.8 Å². The molecule has 208 valence electrons. The van der Waals surface area contributed by atoms with Crippen LogP contribution in [0.1, 0.15) is 41.9 Å². The number of nitrogens with zero attached hydrogens (tertiary/aromatic N) is 2. The van der Waals surface area contributed by atoms with Crippen LogP contribution in [0.2, 0.25) is 0 Å². The fraction of sp³-hybridized carbons (Fsp3) is 0.379. The number of hydrogen-bond donors (Lipinski definition) is 2. The second-order valence-corrected chi connectivity index (χ2v) is 9.49. The summed E-state index contributed by atoms with van der Waals surface area (Å²) >= 11 is 0. The van der Waals surface area contributed by atoms with Crippen LogP contribution in [-0.4, -0.2) is 52.1 Å². The third kappa shape index (κ3) is 5.97. The molecule has 0 spiro atoms. The first kappa shape index (κ1) is 28.6. The fourth-order valence-electron chi connectivity index (χ4n) is 5.13. The minimum atomic E-state index is 0. The van der Waals surface area contributed by atoms with Crippen molar-refractivity contribution in [2.24, 2.45) is 9.98 Å². The summed E-state index contributed by atoms with van der Waals surface area (Å²) in [5.41, 5.74) is 3.68. The molecule has 8 nitrogen and oxygen atoms in total. The van der Waals surface area contributed by atoms with Gasteiger partial charge in [0.1, 0.15) is 23.2 Å². The Balaban J connectivity index is 0.00000176. The Labute approximate surface area is 240 Å². The predicted octanol–water partition coefficient (Wildman–Crippen LogP) is 5.69. The van der Waals surface area contributed by atoms with E-state index in [9.17, 15) is 0 Å². The van der Waals surface area contributed by atoms with Gasteiger partial charge in [0.05, 0.1) is 27.3 Å². The summed E-state index contributed by atoms with van der Waals surface area (Å²) in [7, 11) is 3.36. The zero-order valence-electron chi connectivity index (χ0n) is 22.2. The lowest BCUT2D eigenvalue weighted by molar-refractivity contribution is 0.406. The average Bonchev–Trinajstić information content (AvgIpc) is 3.73. The number of hydrogen-bond acceptors (Lipinski definition) is 8. The molecule has 4 aromatic rings. The molecule has 2 N–H and O–H groups in total. The summed E-state index contributed by atoms with van der Waals surface area (Å²) in [6, 6.07) is 12.5. The van der Waals surface area contributed by atoms with Crippen LogP contribution in [0.25, 0.3) is 21.9 Å². The Bertz CT molecular complexity index is 1400. The highest BCUT2D eigenvalue weighted by atomic mass is 35.5. The van der Waals surface area contributed by atoms with Crippen LogP contribution < -0.4 is 20.1 Å². The van der Waals surface area contributed by atoms with Gasteiger partial charge in [-0.1, -0.05) is 6.42 Å². The number of unbranched alkanes of at least 4 members (excludes halogenated alkanes) is 2. The minimum Gasteiger partial charge on any atom is -0.493 e. The number of fused-ring (bicyclic) bond motifs is 2. The van der Waals surface area contributed by atoms with Gasteiger partial charge in [-0.25, -0.2) is 0 Å². The summed E-state index contributed by atoms with van der Waals surface area (Å²) < 4.78 is 23.5. The van der Waals surface area contributed by atoms with Crippen LogP contribution in [0.4, 0.5) is 0 Å². The SMILES string of the molecule is COc1cc(C2=NCCN2)cc2cc(CCCCCc3cc4cc(C5=NCCN5)cc(OC)c4o3)oc12.Cl.Cl. The van der Waals surface area contributed by atoms with E-state index in [1.165, 1.54) is 0 Å². The summed E-state index contributed by atoms with van der Waals surface area (Å²) in [5, 5.41) is 8.76. The molecule has 2 aliphatic rings. The van der Waals surface area contributed by atoms with Crippen molar-refractivity contribution in [2.45, 2.75) is 32.1 Å². The zero-order valence-corrected chi connectivity index (χ0v) is 23.8. The van der Waals surface area contributed by atoms with E-state index in [-0.39, 0.29) is 24.8 Å². The maximum Gasteiger partial charge on any atom is 0.176 e. The van der Waals surface area contributed by atoms with Gasteiger partial charge in [-0.2, -0.15) is 0 Å². The van der Waals surface area contributed by atoms with Gasteiger partial charge in [-0.3, -0.25) is 9.98 Å². The first-order chi connectivity index (χ1) is 18.2. The number of amidine groups is 2. The average molecular weight is 574 g/mol. The van der Waals surface area contributed by atoms with Crippen molar-refractivity contribution in [1.82, 2.24) is 10.6 Å². The number of ether oxygens (including phenoxy) is 2. The van der Waals surface area contributed by atoms with Crippen molar-refractivity contribution in [1.29, 1.82) is 0 Å². The minimum absolute atomic E-state index is 0. The van der Waals surface area contributed by atoms with E-state index in [1.54, 1.807) is 14.2 Å². The number of benzene rings is 2. The van der Waals surface area contributed by atoms with E-state index in [0.717, 1.165) is 126 Å². The predicted molar refractivity (Wildman–Crippen MR) is 160 cm³/mol. The Morgan fingerprint density at radius 3 is 1.51 bits per heavy atom. The summed E-state index contributed by atoms with van der Waals surface area (Å²) in [6.45, 7) is 3.37. The molecule has 39 heavy (non-hydrogen) atoms. The molecule has 0 amide bonds. The summed E-state index contributed by atoms with van der Waals surface area (Å²) in [4.78, 5) is 9.06. The molecule has 4 heterocycles. The number of furan rings is 2. The quantitative estimate of drug-likeness (QED) is 0.237. The Hall–Kier alpha value is -3.36. The Morgan fingerprint density at radius 2 is 1.13 bits per heavy atom. The third-order valence-electron chi connectivity index (χ3n) is 6.95. The van der Waals surface area contributed by atoms with Gasteiger partial charge in [0.2, 0.25) is 0 Å². The number of halogens is 2. The van der Waals surface area contributed by atoms with Crippen LogP contribution in [0.15, 0.2) is 55.2 Å². The Morgan fingerprint density at radius 1 is 0.667 bits per heavy atom. The lowest BCUT2D eigenvalue weighted by atomic mass is 10.1. The molecule has 2 aromatic heterocycles. The molecule has 2 aromatic carbocycles. The lowest BCUT2D eigenvalue weighted by Gasteiger charge is -2.06. The largest absolute Gasteiger partial charge is 0.493 e. The highest BCUT2D eigenvalue weighted by molar-refractivity contribution is 6.04. The standard InChI is InChI=1S/C29H32N4O4.2ClH/c1-34-24-16-20(28-30-8-9-31-28)12-18-14-22(36-26(18)24)6-4-3-5-7-23-15-19-13-21(29-32-10-11-33-29)17-25(35-2)27(19)37-23;;/h12-17H,3-11H2,1-2H3,(H,30,31)(H,32,33);2*1H. The Kier molecular flexibility index (Phi) is 9.30. The molecule has 0 aliphatic carbocycles. The first-order valence-corrected chi connectivity index (χ1v) is 13.0. The molecule has 10 heteroatoms. The summed E-state index contributed by atoms with van der Waals surface area (Å²) in [5.74, 6) is 5.30. The number of rotatable bonds is 10. The molecule has 2 aliphatic heterocycles. The molecule has 0 bridgehead atoms. The number of aryl methyl sites for hydroxylation is 2. The molecular formula is C29H34Cl2N4O4. The fourth-order valence-corrected chi connectivity index (χ4v) is 5.13. The van der Waals surface area contributed by atoms with Crippen molar-refractivity contribution in [3.63, 3.8) is 0 Å². The molecule has 6 rings (SSSR count). The number of nitrogens with one attached hydrogen (secondary N) is 2. The molecule has 0 fully saturated rings. The van der Waals surface area contributed by atoms with Gasteiger partial charge in [0.15, 0.2) is 22.7 Å². The molecular weight excluding hydrogens is 539 g/mol. The number of methoxy groups -OCH3 is 2. The van der Waals surface area contributed by atoms with Crippen molar-refractivity contribution in [3.8, 4) is 11.5 Å². The van der Waals surface area contributed by atoms with E-state index in [4.69, 9.17) is 18.3 Å². The van der Waals surface area contributed by atoms with Gasteiger partial charge in [-0.15, -0.1) is 24.8 Å². The third-order valence-corrected chi connectivity index (χ3v) is 6.95. The highest BCUT2D eigenvalue weighted by Crippen LogP contribution is 2.33. The molecule has 0 radical (unpaired) electrons. The maximum atomic E-state index is 6.16. The zero-order chi connectivity index (χ0) is 25.2. The van der Waals surface area contributed by atoms with Crippen molar-refractivity contribution in [2.75, 3.05) is 40.4 Å². The van der Waals surface area contributed by atoms with Crippen LogP contribution >= 0.6 is 24.8 Å². The first-order valence-electron chi connectivity index (χ1n) is 13.0. The second kappa shape index (κ2) is 12.7. The van der Waals surface area contributed by atoms with Crippen molar-refractivity contribution in [3.05, 3.63) is 59.0 Å². The highest BCUT2D eigenvalue weighted by Gasteiger charge is 2.17. The van der Waals surface area contributed by atoms with Crippen LogP contribution in [0.5, 0.6) is 11.5 Å². The van der Waals surface area contributed by atoms with Crippen LogP contribution in [0.3, 0.4) is 0 Å². The van der Waals surface area contributed by atoms with E-state index < -0.39 is 0 Å². The van der Waals surface area contributed by atoms with E-state index in [2.05, 4.69) is 44.9 Å². The van der Waals surface area contributed by atoms with Gasteiger partial charge in [0.25, 0.3) is 0 Å².